The second-order valence-corrected chi connectivity index (χ2v) is 10.4. The second kappa shape index (κ2) is 8.24. The van der Waals surface area contributed by atoms with Gasteiger partial charge in [0.15, 0.2) is 5.49 Å². The van der Waals surface area contributed by atoms with E-state index < -0.39 is 0 Å². The van der Waals surface area contributed by atoms with Gasteiger partial charge in [0.25, 0.3) is 0 Å². The van der Waals surface area contributed by atoms with Crippen molar-refractivity contribution in [2.45, 2.75) is 65.2 Å². The number of rotatable bonds is 4. The Labute approximate surface area is 196 Å². The maximum absolute atomic E-state index is 5.28. The van der Waals surface area contributed by atoms with Gasteiger partial charge in [-0.15, -0.1) is 0 Å². The summed E-state index contributed by atoms with van der Waals surface area (Å²) in [4.78, 5) is 13.4. The fraction of sp³-hybridized carbons (Fsp3) is 0.519. The van der Waals surface area contributed by atoms with Crippen LogP contribution in [0, 0.1) is 19.3 Å². The van der Waals surface area contributed by atoms with Crippen LogP contribution in [0.25, 0.3) is 22.3 Å². The van der Waals surface area contributed by atoms with E-state index in [1.807, 2.05) is 6.20 Å². The van der Waals surface area contributed by atoms with Crippen LogP contribution in [0.3, 0.4) is 0 Å². The standard InChI is InChI=1S/C27H36N6/c1-16(2)23-24(20-13-33(29-6)26(28-5)18(4)17(20)3)32-22-8-7-21(31-25(22)23)19-9-11-27(12-10-19)14-30-15-27/h7-8,13,16,19,30,32H,6,9-12,14-15H2,1-5H3. The molecule has 1 aliphatic heterocycles. The van der Waals surface area contributed by atoms with E-state index in [2.05, 4.69) is 66.9 Å². The zero-order valence-electron chi connectivity index (χ0n) is 20.6. The molecule has 1 spiro atoms. The Hall–Kier alpha value is -2.73. The lowest BCUT2D eigenvalue weighted by atomic mass is 9.66. The summed E-state index contributed by atoms with van der Waals surface area (Å²) in [6, 6.07) is 4.48. The molecule has 6 nitrogen and oxygen atoms in total. The second-order valence-electron chi connectivity index (χ2n) is 10.4. The fourth-order valence-corrected chi connectivity index (χ4v) is 5.91. The first-order valence-corrected chi connectivity index (χ1v) is 12.2. The monoisotopic (exact) mass is 444 g/mol. The van der Waals surface area contributed by atoms with E-state index in [-0.39, 0.29) is 0 Å². The van der Waals surface area contributed by atoms with Gasteiger partial charge in [0, 0.05) is 55.8 Å². The van der Waals surface area contributed by atoms with Crippen molar-refractivity contribution < 1.29 is 0 Å². The quantitative estimate of drug-likeness (QED) is 0.555. The van der Waals surface area contributed by atoms with Gasteiger partial charge in [-0.1, -0.05) is 13.8 Å². The van der Waals surface area contributed by atoms with E-state index >= 15 is 0 Å². The first-order chi connectivity index (χ1) is 15.9. The van der Waals surface area contributed by atoms with Crippen LogP contribution in [0.2, 0.25) is 0 Å². The number of nitrogens with one attached hydrogen (secondary N) is 2. The number of fused-ring (bicyclic) bond motifs is 1. The lowest BCUT2D eigenvalue weighted by molar-refractivity contribution is 0.0969. The van der Waals surface area contributed by atoms with Crippen LogP contribution in [-0.4, -0.2) is 41.5 Å². The van der Waals surface area contributed by atoms with Gasteiger partial charge >= 0.3 is 0 Å². The highest BCUT2D eigenvalue weighted by Crippen LogP contribution is 2.45. The highest BCUT2D eigenvalue weighted by Gasteiger charge is 2.40. The van der Waals surface area contributed by atoms with Crippen LogP contribution >= 0.6 is 0 Å². The van der Waals surface area contributed by atoms with Crippen molar-refractivity contribution in [1.82, 2.24) is 20.0 Å². The molecule has 3 aromatic heterocycles. The molecule has 2 aliphatic rings. The van der Waals surface area contributed by atoms with Gasteiger partial charge < -0.3 is 10.3 Å². The molecule has 0 unspecified atom stereocenters. The van der Waals surface area contributed by atoms with E-state index in [1.165, 1.54) is 55.6 Å². The van der Waals surface area contributed by atoms with Crippen molar-refractivity contribution in [2.75, 3.05) is 20.1 Å². The van der Waals surface area contributed by atoms with Crippen LogP contribution in [0.4, 0.5) is 0 Å². The Balaban J connectivity index is 1.61. The summed E-state index contributed by atoms with van der Waals surface area (Å²) in [6.45, 7) is 14.9. The fourth-order valence-electron chi connectivity index (χ4n) is 5.91. The van der Waals surface area contributed by atoms with Crippen molar-refractivity contribution in [3.8, 4) is 11.3 Å². The third-order valence-corrected chi connectivity index (χ3v) is 8.15. The molecule has 33 heavy (non-hydrogen) atoms. The topological polar surface area (TPSA) is 70.4 Å². The Kier molecular flexibility index (Phi) is 5.52. The molecule has 0 radical (unpaired) electrons. The molecule has 0 atom stereocenters. The van der Waals surface area contributed by atoms with Crippen LogP contribution in [-0.2, 0) is 0 Å². The number of hydrogen-bond donors (Lipinski definition) is 2. The van der Waals surface area contributed by atoms with E-state index in [9.17, 15) is 0 Å². The minimum Gasteiger partial charge on any atom is -0.353 e. The van der Waals surface area contributed by atoms with Crippen molar-refractivity contribution in [3.05, 3.63) is 46.2 Å². The highest BCUT2D eigenvalue weighted by molar-refractivity contribution is 5.89. The maximum Gasteiger partial charge on any atom is 0.151 e. The van der Waals surface area contributed by atoms with Crippen LogP contribution in [0.15, 0.2) is 28.4 Å². The van der Waals surface area contributed by atoms with Crippen LogP contribution in [0.5, 0.6) is 0 Å². The molecular weight excluding hydrogens is 408 g/mol. The molecule has 1 aliphatic carbocycles. The van der Waals surface area contributed by atoms with Crippen molar-refractivity contribution in [1.29, 1.82) is 0 Å². The van der Waals surface area contributed by atoms with Gasteiger partial charge in [-0.3, -0.25) is 9.98 Å². The van der Waals surface area contributed by atoms with Crippen molar-refractivity contribution >= 4 is 17.8 Å². The first-order valence-electron chi connectivity index (χ1n) is 12.2. The number of nitrogens with zero attached hydrogens (tertiary/aromatic N) is 4. The average Bonchev–Trinajstić information content (AvgIpc) is 3.18. The molecule has 6 heteroatoms. The molecule has 3 aromatic rings. The first kappa shape index (κ1) is 22.1. The zero-order chi connectivity index (χ0) is 23.3. The molecule has 2 fully saturated rings. The largest absolute Gasteiger partial charge is 0.353 e. The summed E-state index contributed by atoms with van der Waals surface area (Å²) in [5.74, 6) is 0.910. The SMILES string of the molecule is C=Nn1cc(-c2[nH]c3ccc(C4CCC5(CC4)CNC5)nc3c2C(C)C)c(C)c(C)c1=NC. The van der Waals surface area contributed by atoms with Gasteiger partial charge in [0.2, 0.25) is 0 Å². The zero-order valence-corrected chi connectivity index (χ0v) is 20.6. The molecule has 4 heterocycles. The number of pyridine rings is 2. The smallest absolute Gasteiger partial charge is 0.151 e. The summed E-state index contributed by atoms with van der Waals surface area (Å²) >= 11 is 0. The average molecular weight is 445 g/mol. The molecule has 1 saturated carbocycles. The number of hydrogen-bond acceptors (Lipinski definition) is 4. The van der Waals surface area contributed by atoms with Gasteiger partial charge in [-0.25, -0.2) is 4.68 Å². The highest BCUT2D eigenvalue weighted by atomic mass is 15.3. The predicted octanol–water partition coefficient (Wildman–Crippen LogP) is 5.01. The summed E-state index contributed by atoms with van der Waals surface area (Å²) < 4.78 is 1.78. The molecule has 0 amide bonds. The van der Waals surface area contributed by atoms with Gasteiger partial charge in [-0.2, -0.15) is 5.10 Å². The third-order valence-electron chi connectivity index (χ3n) is 8.15. The number of aromatic amines is 1. The van der Waals surface area contributed by atoms with E-state index in [4.69, 9.17) is 4.98 Å². The van der Waals surface area contributed by atoms with Crippen molar-refractivity contribution in [2.24, 2.45) is 15.5 Å². The van der Waals surface area contributed by atoms with Crippen molar-refractivity contribution in [3.63, 3.8) is 0 Å². The molecular formula is C27H36N6. The van der Waals surface area contributed by atoms with E-state index in [0.717, 1.165) is 33.3 Å². The van der Waals surface area contributed by atoms with E-state index in [1.54, 1.807) is 11.7 Å². The summed E-state index contributed by atoms with van der Waals surface area (Å²) in [5, 5.41) is 7.67. The van der Waals surface area contributed by atoms with Gasteiger partial charge in [0.1, 0.15) is 0 Å². The molecule has 174 valence electrons. The Morgan fingerprint density at radius 3 is 2.45 bits per heavy atom. The predicted molar refractivity (Wildman–Crippen MR) is 136 cm³/mol. The lowest BCUT2D eigenvalue weighted by Gasteiger charge is -2.47. The van der Waals surface area contributed by atoms with Gasteiger partial charge in [-0.05, 0) is 74.1 Å². The Bertz CT molecular complexity index is 1280. The third kappa shape index (κ3) is 3.55. The Morgan fingerprint density at radius 1 is 1.15 bits per heavy atom. The summed E-state index contributed by atoms with van der Waals surface area (Å²) in [5.41, 5.74) is 10.8. The molecule has 0 aromatic carbocycles. The number of aromatic nitrogens is 3. The number of H-pyrrole nitrogens is 1. The molecule has 5 rings (SSSR count). The maximum atomic E-state index is 5.28. The molecule has 1 saturated heterocycles. The minimum atomic E-state index is 0.340. The minimum absolute atomic E-state index is 0.340. The summed E-state index contributed by atoms with van der Waals surface area (Å²) in [6.07, 6.45) is 7.19. The lowest BCUT2D eigenvalue weighted by Crippen LogP contribution is -2.54. The van der Waals surface area contributed by atoms with Crippen LogP contribution in [0.1, 0.15) is 73.8 Å². The van der Waals surface area contributed by atoms with Gasteiger partial charge in [0.05, 0.1) is 16.7 Å². The Morgan fingerprint density at radius 2 is 1.88 bits per heavy atom. The normalized spacial score (nSPS) is 18.9. The van der Waals surface area contributed by atoms with E-state index in [0.29, 0.717) is 17.3 Å². The summed E-state index contributed by atoms with van der Waals surface area (Å²) in [7, 11) is 1.80. The molecule has 0 bridgehead atoms. The molecule has 2 N–H and O–H groups in total. The van der Waals surface area contributed by atoms with Crippen LogP contribution < -0.4 is 10.8 Å².